The molecule has 1 aromatic carbocycles. The summed E-state index contributed by atoms with van der Waals surface area (Å²) < 4.78 is 44.3. The Kier molecular flexibility index (Phi) is 6.73. The van der Waals surface area contributed by atoms with Crippen LogP contribution >= 0.6 is 0 Å². The lowest BCUT2D eigenvalue weighted by Gasteiger charge is -2.36. The number of guanidine groups is 1. The highest BCUT2D eigenvalue weighted by Crippen LogP contribution is 2.35. The molecule has 2 aromatic rings. The Morgan fingerprint density at radius 2 is 1.79 bits per heavy atom. The van der Waals surface area contributed by atoms with Crippen LogP contribution in [-0.2, 0) is 6.18 Å². The number of nitrogens with zero attached hydrogens (tertiary/aromatic N) is 5. The van der Waals surface area contributed by atoms with E-state index in [4.69, 9.17) is 4.74 Å². The number of nitrogens with one attached hydrogen (secondary N) is 1. The van der Waals surface area contributed by atoms with Crippen LogP contribution in [0.4, 0.5) is 19.1 Å². The number of rotatable bonds is 5. The maximum atomic E-state index is 13.0. The first kappa shape index (κ1) is 20.7. The van der Waals surface area contributed by atoms with E-state index >= 15 is 0 Å². The summed E-state index contributed by atoms with van der Waals surface area (Å²) in [5.74, 6) is 1.21. The molecule has 10 heteroatoms. The van der Waals surface area contributed by atoms with Crippen molar-refractivity contribution in [2.45, 2.75) is 6.18 Å². The van der Waals surface area contributed by atoms with Gasteiger partial charge >= 0.3 is 6.18 Å². The van der Waals surface area contributed by atoms with Gasteiger partial charge in [0, 0.05) is 45.6 Å². The second-order valence-electron chi connectivity index (χ2n) is 6.34. The Balaban J connectivity index is 1.46. The molecule has 0 spiro atoms. The Hall–Kier alpha value is -3.04. The van der Waals surface area contributed by atoms with Gasteiger partial charge in [0.2, 0.25) is 5.95 Å². The first-order valence-corrected chi connectivity index (χ1v) is 9.25. The summed E-state index contributed by atoms with van der Waals surface area (Å²) in [5.41, 5.74) is -0.774. The van der Waals surface area contributed by atoms with Crippen LogP contribution in [0, 0.1) is 0 Å². The quantitative estimate of drug-likeness (QED) is 0.465. The van der Waals surface area contributed by atoms with E-state index in [-0.39, 0.29) is 12.4 Å². The Bertz CT molecular complexity index is 807. The molecule has 1 aromatic heterocycles. The first-order chi connectivity index (χ1) is 14.0. The fraction of sp³-hybridized carbons (Fsp3) is 0.421. The molecule has 7 nitrogen and oxygen atoms in total. The summed E-state index contributed by atoms with van der Waals surface area (Å²) in [6, 6.07) is 6.98. The monoisotopic (exact) mass is 408 g/mol. The van der Waals surface area contributed by atoms with Crippen molar-refractivity contribution in [1.29, 1.82) is 0 Å². The normalized spacial score (nSPS) is 15.4. The van der Waals surface area contributed by atoms with Crippen molar-refractivity contribution >= 4 is 11.9 Å². The average Bonchev–Trinajstić information content (AvgIpc) is 2.74. The van der Waals surface area contributed by atoms with Crippen molar-refractivity contribution in [3.05, 3.63) is 48.3 Å². The van der Waals surface area contributed by atoms with E-state index in [2.05, 4.69) is 30.1 Å². The summed E-state index contributed by atoms with van der Waals surface area (Å²) in [5, 5.41) is 3.14. The number of alkyl halides is 3. The molecule has 156 valence electrons. The topological polar surface area (TPSA) is 65.9 Å². The highest BCUT2D eigenvalue weighted by atomic mass is 19.4. The minimum atomic E-state index is -4.44. The largest absolute Gasteiger partial charge is 0.491 e. The van der Waals surface area contributed by atoms with E-state index in [1.54, 1.807) is 25.5 Å². The smallest absolute Gasteiger partial charge is 0.419 e. The van der Waals surface area contributed by atoms with Gasteiger partial charge in [-0.2, -0.15) is 13.2 Å². The molecule has 29 heavy (non-hydrogen) atoms. The number of para-hydroxylation sites is 1. The van der Waals surface area contributed by atoms with Gasteiger partial charge < -0.3 is 19.9 Å². The minimum Gasteiger partial charge on any atom is -0.491 e. The molecule has 1 N–H and O–H groups in total. The average molecular weight is 408 g/mol. The van der Waals surface area contributed by atoms with E-state index in [1.807, 2.05) is 0 Å². The highest BCUT2D eigenvalue weighted by molar-refractivity contribution is 5.80. The first-order valence-electron chi connectivity index (χ1n) is 9.25. The summed E-state index contributed by atoms with van der Waals surface area (Å²) in [6.45, 7) is 3.39. The summed E-state index contributed by atoms with van der Waals surface area (Å²) in [6.07, 6.45) is -1.01. The zero-order valence-electron chi connectivity index (χ0n) is 16.1. The number of benzene rings is 1. The van der Waals surface area contributed by atoms with E-state index < -0.39 is 11.7 Å². The molecule has 1 fully saturated rings. The third-order valence-corrected chi connectivity index (χ3v) is 4.46. The van der Waals surface area contributed by atoms with Gasteiger partial charge in [-0.25, -0.2) is 9.97 Å². The lowest BCUT2D eigenvalue weighted by molar-refractivity contribution is -0.138. The summed E-state index contributed by atoms with van der Waals surface area (Å²) in [4.78, 5) is 17.0. The van der Waals surface area contributed by atoms with Gasteiger partial charge in [-0.05, 0) is 18.2 Å². The third kappa shape index (κ3) is 5.49. The van der Waals surface area contributed by atoms with E-state index in [0.717, 1.165) is 32.2 Å². The molecule has 1 aliphatic rings. The number of ether oxygens (including phenoxy) is 1. The van der Waals surface area contributed by atoms with Crippen LogP contribution in [0.3, 0.4) is 0 Å². The van der Waals surface area contributed by atoms with Gasteiger partial charge in [-0.3, -0.25) is 4.99 Å². The zero-order chi connectivity index (χ0) is 20.7. The van der Waals surface area contributed by atoms with Crippen LogP contribution in [0.15, 0.2) is 47.7 Å². The molecule has 0 aliphatic carbocycles. The molecule has 0 bridgehead atoms. The van der Waals surface area contributed by atoms with E-state index in [9.17, 15) is 13.2 Å². The van der Waals surface area contributed by atoms with Crippen LogP contribution in [0.25, 0.3) is 0 Å². The number of aliphatic imine (C=N–C) groups is 1. The molecule has 2 heterocycles. The molecule has 0 saturated carbocycles. The van der Waals surface area contributed by atoms with Crippen LogP contribution in [-0.4, -0.2) is 67.2 Å². The molecular formula is C19H23F3N6O. The Labute approximate surface area is 167 Å². The number of hydrogen-bond donors (Lipinski definition) is 1. The number of anilines is 1. The predicted molar refractivity (Wildman–Crippen MR) is 104 cm³/mol. The second kappa shape index (κ2) is 9.44. The van der Waals surface area contributed by atoms with Crippen molar-refractivity contribution in [1.82, 2.24) is 20.2 Å². The number of piperazine rings is 1. The number of halogens is 3. The van der Waals surface area contributed by atoms with Crippen molar-refractivity contribution in [2.24, 2.45) is 4.99 Å². The predicted octanol–water partition coefficient (Wildman–Crippen LogP) is 2.27. The van der Waals surface area contributed by atoms with Gasteiger partial charge in [0.25, 0.3) is 0 Å². The van der Waals surface area contributed by atoms with Gasteiger partial charge in [0.15, 0.2) is 5.96 Å². The molecule has 3 rings (SSSR count). The molecule has 0 atom stereocenters. The Morgan fingerprint density at radius 3 is 2.45 bits per heavy atom. The summed E-state index contributed by atoms with van der Waals surface area (Å²) >= 11 is 0. The zero-order valence-corrected chi connectivity index (χ0v) is 16.1. The molecule has 1 aliphatic heterocycles. The molecule has 0 amide bonds. The highest BCUT2D eigenvalue weighted by Gasteiger charge is 2.34. The van der Waals surface area contributed by atoms with Crippen molar-refractivity contribution < 1.29 is 17.9 Å². The van der Waals surface area contributed by atoms with Crippen molar-refractivity contribution in [2.75, 3.05) is 51.3 Å². The lowest BCUT2D eigenvalue weighted by Crippen LogP contribution is -2.53. The standard InChI is InChI=1S/C19H23F3N6O/c1-23-17(27-10-12-28(13-11-27)18-24-7-4-8-25-18)26-9-14-29-16-6-3-2-5-15(16)19(20,21)22/h2-8H,9-14H2,1H3,(H,23,26). The van der Waals surface area contributed by atoms with Crippen molar-refractivity contribution in [3.63, 3.8) is 0 Å². The molecular weight excluding hydrogens is 385 g/mol. The van der Waals surface area contributed by atoms with Crippen molar-refractivity contribution in [3.8, 4) is 5.75 Å². The van der Waals surface area contributed by atoms with E-state index in [1.165, 1.54) is 18.2 Å². The summed E-state index contributed by atoms with van der Waals surface area (Å²) in [7, 11) is 1.68. The number of hydrogen-bond acceptors (Lipinski definition) is 5. The fourth-order valence-electron chi connectivity index (χ4n) is 3.06. The van der Waals surface area contributed by atoms with Crippen LogP contribution in [0.1, 0.15) is 5.56 Å². The SMILES string of the molecule is CN=C(NCCOc1ccccc1C(F)(F)F)N1CCN(c2ncccn2)CC1. The van der Waals surface area contributed by atoms with Gasteiger partial charge in [-0.1, -0.05) is 12.1 Å². The molecule has 0 radical (unpaired) electrons. The van der Waals surface area contributed by atoms with Crippen LogP contribution in [0.2, 0.25) is 0 Å². The molecule has 0 unspecified atom stereocenters. The van der Waals surface area contributed by atoms with Gasteiger partial charge in [0.1, 0.15) is 12.4 Å². The maximum absolute atomic E-state index is 13.0. The molecule has 1 saturated heterocycles. The fourth-order valence-corrected chi connectivity index (χ4v) is 3.06. The minimum absolute atomic E-state index is 0.0872. The second-order valence-corrected chi connectivity index (χ2v) is 6.34. The number of aromatic nitrogens is 2. The maximum Gasteiger partial charge on any atom is 0.419 e. The van der Waals surface area contributed by atoms with Gasteiger partial charge in [-0.15, -0.1) is 0 Å². The van der Waals surface area contributed by atoms with E-state index in [0.29, 0.717) is 18.5 Å². The van der Waals surface area contributed by atoms with Crippen LogP contribution < -0.4 is 15.0 Å². The lowest BCUT2D eigenvalue weighted by atomic mass is 10.2. The van der Waals surface area contributed by atoms with Crippen LogP contribution in [0.5, 0.6) is 5.75 Å². The van der Waals surface area contributed by atoms with Gasteiger partial charge in [0.05, 0.1) is 12.1 Å². The third-order valence-electron chi connectivity index (χ3n) is 4.46. The Morgan fingerprint density at radius 1 is 1.10 bits per heavy atom.